The Hall–Kier alpha value is -2.67. The Morgan fingerprint density at radius 2 is 2.11 bits per heavy atom. The second-order valence-electron chi connectivity index (χ2n) is 7.73. The third-order valence-corrected chi connectivity index (χ3v) is 5.98. The molecule has 0 bridgehead atoms. The van der Waals surface area contributed by atoms with Crippen LogP contribution >= 0.6 is 0 Å². The molecule has 0 unspecified atom stereocenters. The van der Waals surface area contributed by atoms with Gasteiger partial charge in [-0.1, -0.05) is 18.2 Å². The molecule has 27 heavy (non-hydrogen) atoms. The summed E-state index contributed by atoms with van der Waals surface area (Å²) in [5.74, 6) is 0.467. The molecule has 1 aromatic heterocycles. The molecule has 2 atom stereocenters. The molecule has 3 heterocycles. The van der Waals surface area contributed by atoms with E-state index in [0.29, 0.717) is 18.8 Å². The van der Waals surface area contributed by atoms with Crippen molar-refractivity contribution in [3.8, 4) is 0 Å². The smallest absolute Gasteiger partial charge is 0.254 e. The molecular weight excluding hydrogens is 344 g/mol. The third-order valence-electron chi connectivity index (χ3n) is 5.98. The number of carbonyl (C=O) groups is 2. The van der Waals surface area contributed by atoms with Crippen molar-refractivity contribution in [1.29, 1.82) is 0 Å². The van der Waals surface area contributed by atoms with Crippen molar-refractivity contribution in [2.45, 2.75) is 37.3 Å². The van der Waals surface area contributed by atoms with Crippen molar-refractivity contribution >= 4 is 17.5 Å². The summed E-state index contributed by atoms with van der Waals surface area (Å²) in [7, 11) is 3.41. The fraction of sp³-hybridized carbons (Fsp3) is 0.450. The maximum atomic E-state index is 13.3. The van der Waals surface area contributed by atoms with Gasteiger partial charge in [-0.3, -0.25) is 9.59 Å². The van der Waals surface area contributed by atoms with E-state index in [2.05, 4.69) is 10.3 Å². The normalized spacial score (nSPS) is 24.4. The number of aryl methyl sites for hydroxylation is 1. The lowest BCUT2D eigenvalue weighted by atomic mass is 9.74. The molecule has 2 aliphatic rings. The van der Waals surface area contributed by atoms with Crippen LogP contribution in [0.1, 0.15) is 37.7 Å². The highest BCUT2D eigenvalue weighted by molar-refractivity contribution is 6.07. The lowest BCUT2D eigenvalue weighted by Gasteiger charge is -2.36. The van der Waals surface area contributed by atoms with Gasteiger partial charge in [-0.05, 0) is 31.9 Å². The predicted molar refractivity (Wildman–Crippen MR) is 100 cm³/mol. The van der Waals surface area contributed by atoms with E-state index in [4.69, 9.17) is 4.74 Å². The van der Waals surface area contributed by atoms with Crippen LogP contribution in [0.3, 0.4) is 0 Å². The SMILES string of the molecule is COC(C)(C)C(=O)N1CC[C@]2(C(=O)Nc3ccccc32)[C@@H]1c1nccn1C. The second kappa shape index (κ2) is 5.92. The minimum atomic E-state index is -0.983. The number of nitrogens with one attached hydrogen (secondary N) is 1. The third kappa shape index (κ3) is 2.34. The van der Waals surface area contributed by atoms with Gasteiger partial charge in [0.25, 0.3) is 5.91 Å². The van der Waals surface area contributed by atoms with Crippen LogP contribution in [0.2, 0.25) is 0 Å². The van der Waals surface area contributed by atoms with E-state index in [9.17, 15) is 9.59 Å². The number of hydrogen-bond acceptors (Lipinski definition) is 4. The van der Waals surface area contributed by atoms with Crippen LogP contribution < -0.4 is 5.32 Å². The van der Waals surface area contributed by atoms with E-state index >= 15 is 0 Å². The summed E-state index contributed by atoms with van der Waals surface area (Å²) in [5, 5.41) is 3.01. The maximum Gasteiger partial charge on any atom is 0.254 e. The molecule has 7 nitrogen and oxygen atoms in total. The molecule has 2 amide bonds. The molecule has 0 saturated carbocycles. The van der Waals surface area contributed by atoms with Gasteiger partial charge in [0.1, 0.15) is 22.9 Å². The summed E-state index contributed by atoms with van der Waals surface area (Å²) in [5.41, 5.74) is -0.103. The Kier molecular flexibility index (Phi) is 3.89. The molecule has 142 valence electrons. The summed E-state index contributed by atoms with van der Waals surface area (Å²) >= 11 is 0. The van der Waals surface area contributed by atoms with Crippen LogP contribution in [-0.4, -0.2) is 45.5 Å². The van der Waals surface area contributed by atoms with E-state index in [0.717, 1.165) is 11.3 Å². The summed E-state index contributed by atoms with van der Waals surface area (Å²) in [6.45, 7) is 3.96. The highest BCUT2D eigenvalue weighted by Gasteiger charge is 2.61. The van der Waals surface area contributed by atoms with E-state index in [-0.39, 0.29) is 11.8 Å². The molecule has 1 N–H and O–H groups in total. The number of para-hydroxylation sites is 1. The largest absolute Gasteiger partial charge is 0.369 e. The fourth-order valence-electron chi connectivity index (χ4n) is 4.34. The zero-order chi connectivity index (χ0) is 19.4. The number of likely N-dealkylation sites (tertiary alicyclic amines) is 1. The minimum absolute atomic E-state index is 0.0813. The van der Waals surface area contributed by atoms with Gasteiger partial charge in [0, 0.05) is 38.8 Å². The Balaban J connectivity index is 1.90. The molecule has 1 aromatic carbocycles. The summed E-state index contributed by atoms with van der Waals surface area (Å²) in [6, 6.07) is 7.21. The van der Waals surface area contributed by atoms with Crippen molar-refractivity contribution in [3.05, 3.63) is 48.0 Å². The average molecular weight is 368 g/mol. The Bertz CT molecular complexity index is 919. The Morgan fingerprint density at radius 1 is 1.37 bits per heavy atom. The van der Waals surface area contributed by atoms with Gasteiger partial charge in [0.15, 0.2) is 0 Å². The number of anilines is 1. The predicted octanol–water partition coefficient (Wildman–Crippen LogP) is 2.01. The highest BCUT2D eigenvalue weighted by Crippen LogP contribution is 2.54. The topological polar surface area (TPSA) is 76.5 Å². The number of carbonyl (C=O) groups excluding carboxylic acids is 2. The maximum absolute atomic E-state index is 13.3. The molecule has 0 aliphatic carbocycles. The van der Waals surface area contributed by atoms with E-state index in [1.54, 1.807) is 24.9 Å². The number of rotatable bonds is 3. The Labute approximate surface area is 158 Å². The van der Waals surface area contributed by atoms with Crippen molar-refractivity contribution < 1.29 is 14.3 Å². The van der Waals surface area contributed by atoms with Crippen molar-refractivity contribution in [3.63, 3.8) is 0 Å². The zero-order valence-electron chi connectivity index (χ0n) is 16.0. The van der Waals surface area contributed by atoms with E-state index in [1.807, 2.05) is 42.1 Å². The molecule has 1 saturated heterocycles. The van der Waals surface area contributed by atoms with Gasteiger partial charge in [-0.2, -0.15) is 0 Å². The first-order valence-electron chi connectivity index (χ1n) is 9.07. The number of hydrogen-bond donors (Lipinski definition) is 1. The van der Waals surface area contributed by atoms with Crippen molar-refractivity contribution in [1.82, 2.24) is 14.5 Å². The quantitative estimate of drug-likeness (QED) is 0.899. The van der Waals surface area contributed by atoms with Gasteiger partial charge in [0.2, 0.25) is 5.91 Å². The minimum Gasteiger partial charge on any atom is -0.369 e. The number of fused-ring (bicyclic) bond motifs is 2. The lowest BCUT2D eigenvalue weighted by Crippen LogP contribution is -2.50. The molecule has 2 aliphatic heterocycles. The number of aromatic nitrogens is 2. The number of ether oxygens (including phenoxy) is 1. The van der Waals surface area contributed by atoms with Crippen LogP contribution in [-0.2, 0) is 26.8 Å². The van der Waals surface area contributed by atoms with Crippen LogP contribution in [0.4, 0.5) is 5.69 Å². The molecule has 7 heteroatoms. The van der Waals surface area contributed by atoms with Gasteiger partial charge in [0.05, 0.1) is 0 Å². The first-order chi connectivity index (χ1) is 12.8. The van der Waals surface area contributed by atoms with Gasteiger partial charge >= 0.3 is 0 Å². The summed E-state index contributed by atoms with van der Waals surface area (Å²) < 4.78 is 7.32. The molecular formula is C20H24N4O3. The molecule has 0 radical (unpaired) electrons. The summed E-state index contributed by atoms with van der Waals surface area (Å²) in [6.07, 6.45) is 4.08. The van der Waals surface area contributed by atoms with Crippen LogP contribution in [0, 0.1) is 0 Å². The first-order valence-corrected chi connectivity index (χ1v) is 9.07. The van der Waals surface area contributed by atoms with Crippen molar-refractivity contribution in [2.75, 3.05) is 19.0 Å². The van der Waals surface area contributed by atoms with E-state index < -0.39 is 17.1 Å². The number of methoxy groups -OCH3 is 1. The number of benzene rings is 1. The van der Waals surface area contributed by atoms with Gasteiger partial charge in [-0.15, -0.1) is 0 Å². The Morgan fingerprint density at radius 3 is 2.78 bits per heavy atom. The molecule has 2 aromatic rings. The van der Waals surface area contributed by atoms with Gasteiger partial charge in [-0.25, -0.2) is 4.98 Å². The molecule has 1 fully saturated rings. The lowest BCUT2D eigenvalue weighted by molar-refractivity contribution is -0.153. The first kappa shape index (κ1) is 17.7. The highest BCUT2D eigenvalue weighted by atomic mass is 16.5. The van der Waals surface area contributed by atoms with Crippen LogP contribution in [0.5, 0.6) is 0 Å². The van der Waals surface area contributed by atoms with Crippen molar-refractivity contribution in [2.24, 2.45) is 7.05 Å². The number of amides is 2. The fourth-order valence-corrected chi connectivity index (χ4v) is 4.34. The summed E-state index contributed by atoms with van der Waals surface area (Å²) in [4.78, 5) is 32.8. The monoisotopic (exact) mass is 368 g/mol. The van der Waals surface area contributed by atoms with Crippen LogP contribution in [0.25, 0.3) is 0 Å². The zero-order valence-corrected chi connectivity index (χ0v) is 16.0. The average Bonchev–Trinajstić information content (AvgIpc) is 3.32. The number of nitrogens with zero attached hydrogens (tertiary/aromatic N) is 3. The molecule has 4 rings (SSSR count). The van der Waals surface area contributed by atoms with Gasteiger partial charge < -0.3 is 19.5 Å². The second-order valence-corrected chi connectivity index (χ2v) is 7.73. The van der Waals surface area contributed by atoms with E-state index in [1.165, 1.54) is 7.11 Å². The van der Waals surface area contributed by atoms with Crippen LogP contribution in [0.15, 0.2) is 36.7 Å². The number of imidazole rings is 1. The molecule has 1 spiro atoms. The standard InChI is InChI=1S/C20H24N4O3/c1-19(2,27-4)18(26)24-11-9-20(15(24)16-21-10-12-23(16)3)13-7-5-6-8-14(13)22-17(20)25/h5-8,10,12,15H,9,11H2,1-4H3,(H,22,25)/t15-,20+/m0/s1.